The van der Waals surface area contributed by atoms with Crippen molar-refractivity contribution >= 4 is 11.8 Å². The second kappa shape index (κ2) is 7.00. The number of unbranched alkanes of at least 4 members (excludes halogenated alkanes) is 2. The SMILES string of the molecule is CNC(=O)CCCCCN1OCC=CC1=O. The van der Waals surface area contributed by atoms with Crippen LogP contribution < -0.4 is 5.32 Å². The van der Waals surface area contributed by atoms with Crippen LogP contribution in [0, 0.1) is 0 Å². The van der Waals surface area contributed by atoms with Crippen LogP contribution in [0.2, 0.25) is 0 Å². The summed E-state index contributed by atoms with van der Waals surface area (Å²) in [5.41, 5.74) is 0. The molecule has 5 nitrogen and oxygen atoms in total. The zero-order chi connectivity index (χ0) is 11.8. The van der Waals surface area contributed by atoms with Crippen LogP contribution in [0.3, 0.4) is 0 Å². The third-order valence-corrected chi connectivity index (χ3v) is 2.38. The molecule has 0 radical (unpaired) electrons. The highest BCUT2D eigenvalue weighted by Crippen LogP contribution is 2.05. The Labute approximate surface area is 95.4 Å². The van der Waals surface area contributed by atoms with Gasteiger partial charge in [-0.2, -0.15) is 0 Å². The van der Waals surface area contributed by atoms with Gasteiger partial charge < -0.3 is 5.32 Å². The predicted molar refractivity (Wildman–Crippen MR) is 59.3 cm³/mol. The lowest BCUT2D eigenvalue weighted by Crippen LogP contribution is -2.33. The van der Waals surface area contributed by atoms with Gasteiger partial charge in [-0.3, -0.25) is 14.4 Å². The van der Waals surface area contributed by atoms with Gasteiger partial charge in [0.1, 0.15) is 0 Å². The molecule has 0 unspecified atom stereocenters. The molecule has 1 heterocycles. The van der Waals surface area contributed by atoms with E-state index in [9.17, 15) is 9.59 Å². The molecule has 0 aromatic heterocycles. The fourth-order valence-corrected chi connectivity index (χ4v) is 1.45. The zero-order valence-corrected chi connectivity index (χ0v) is 9.57. The second-order valence-electron chi connectivity index (χ2n) is 3.62. The molecule has 90 valence electrons. The molecular weight excluding hydrogens is 208 g/mol. The first-order valence-electron chi connectivity index (χ1n) is 5.55. The molecule has 0 bridgehead atoms. The number of nitrogens with one attached hydrogen (secondary N) is 1. The smallest absolute Gasteiger partial charge is 0.269 e. The number of amides is 2. The quantitative estimate of drug-likeness (QED) is 0.675. The highest BCUT2D eigenvalue weighted by atomic mass is 16.7. The van der Waals surface area contributed by atoms with Gasteiger partial charge in [-0.1, -0.05) is 12.5 Å². The Morgan fingerprint density at radius 1 is 1.50 bits per heavy atom. The fraction of sp³-hybridized carbons (Fsp3) is 0.636. The van der Waals surface area contributed by atoms with Gasteiger partial charge in [-0.05, 0) is 12.8 Å². The van der Waals surface area contributed by atoms with Gasteiger partial charge >= 0.3 is 0 Å². The number of carbonyl (C=O) groups excluding carboxylic acids is 2. The standard InChI is InChI=1S/C11H18N2O3/c1-12-10(14)6-3-2-4-8-13-11(15)7-5-9-16-13/h5,7H,2-4,6,8-9H2,1H3,(H,12,14). The van der Waals surface area contributed by atoms with Crippen LogP contribution in [0.1, 0.15) is 25.7 Å². The van der Waals surface area contributed by atoms with Gasteiger partial charge in [-0.15, -0.1) is 0 Å². The molecule has 1 N–H and O–H groups in total. The summed E-state index contributed by atoms with van der Waals surface area (Å²) < 4.78 is 0. The Kier molecular flexibility index (Phi) is 5.56. The lowest BCUT2D eigenvalue weighted by atomic mass is 10.2. The molecule has 0 spiro atoms. The number of rotatable bonds is 6. The van der Waals surface area contributed by atoms with Gasteiger partial charge in [0.15, 0.2) is 0 Å². The van der Waals surface area contributed by atoms with Crippen LogP contribution in [-0.4, -0.2) is 37.1 Å². The number of hydrogen-bond donors (Lipinski definition) is 1. The monoisotopic (exact) mass is 226 g/mol. The normalized spacial score (nSPS) is 15.3. The van der Waals surface area contributed by atoms with E-state index in [2.05, 4.69) is 5.32 Å². The molecule has 0 aliphatic carbocycles. The molecule has 5 heteroatoms. The number of nitrogens with zero attached hydrogens (tertiary/aromatic N) is 1. The van der Waals surface area contributed by atoms with Crippen molar-refractivity contribution in [3.8, 4) is 0 Å². The summed E-state index contributed by atoms with van der Waals surface area (Å²) in [5, 5.41) is 3.95. The van der Waals surface area contributed by atoms with Crippen LogP contribution in [0.25, 0.3) is 0 Å². The molecule has 0 atom stereocenters. The summed E-state index contributed by atoms with van der Waals surface area (Å²) in [6, 6.07) is 0. The van der Waals surface area contributed by atoms with Crippen molar-refractivity contribution < 1.29 is 14.4 Å². The van der Waals surface area contributed by atoms with Crippen molar-refractivity contribution in [1.29, 1.82) is 0 Å². The number of carbonyl (C=O) groups is 2. The van der Waals surface area contributed by atoms with Crippen molar-refractivity contribution in [2.24, 2.45) is 0 Å². The lowest BCUT2D eigenvalue weighted by Gasteiger charge is -2.22. The van der Waals surface area contributed by atoms with E-state index in [1.54, 1.807) is 13.1 Å². The topological polar surface area (TPSA) is 58.6 Å². The molecule has 1 aliphatic heterocycles. The summed E-state index contributed by atoms with van der Waals surface area (Å²) in [7, 11) is 1.63. The van der Waals surface area contributed by atoms with E-state index in [1.807, 2.05) is 0 Å². The van der Waals surface area contributed by atoms with Crippen molar-refractivity contribution in [2.45, 2.75) is 25.7 Å². The fourth-order valence-electron chi connectivity index (χ4n) is 1.45. The predicted octanol–water partition coefficient (Wildman–Crippen LogP) is 0.623. The molecule has 1 rings (SSSR count). The third-order valence-electron chi connectivity index (χ3n) is 2.38. The summed E-state index contributed by atoms with van der Waals surface area (Å²) >= 11 is 0. The molecule has 0 saturated carbocycles. The third kappa shape index (κ3) is 4.44. The van der Waals surface area contributed by atoms with Crippen molar-refractivity contribution in [3.05, 3.63) is 12.2 Å². The van der Waals surface area contributed by atoms with E-state index in [1.165, 1.54) is 11.1 Å². The van der Waals surface area contributed by atoms with Gasteiger partial charge in [0.25, 0.3) is 5.91 Å². The van der Waals surface area contributed by atoms with Crippen LogP contribution in [0.15, 0.2) is 12.2 Å². The Morgan fingerprint density at radius 3 is 3.00 bits per heavy atom. The van der Waals surface area contributed by atoms with Gasteiger partial charge in [0.05, 0.1) is 6.61 Å². The van der Waals surface area contributed by atoms with Crippen LogP contribution in [-0.2, 0) is 14.4 Å². The van der Waals surface area contributed by atoms with E-state index in [4.69, 9.17) is 4.84 Å². The highest BCUT2D eigenvalue weighted by molar-refractivity contribution is 5.87. The van der Waals surface area contributed by atoms with E-state index < -0.39 is 0 Å². The molecule has 2 amide bonds. The van der Waals surface area contributed by atoms with E-state index in [-0.39, 0.29) is 11.8 Å². The Balaban J connectivity index is 2.05. The summed E-state index contributed by atoms with van der Waals surface area (Å²) in [5.74, 6) is -0.0363. The average molecular weight is 226 g/mol. The lowest BCUT2D eigenvalue weighted by molar-refractivity contribution is -0.180. The van der Waals surface area contributed by atoms with Crippen molar-refractivity contribution in [1.82, 2.24) is 10.4 Å². The second-order valence-corrected chi connectivity index (χ2v) is 3.62. The molecule has 1 aliphatic rings. The highest BCUT2D eigenvalue weighted by Gasteiger charge is 2.13. The first kappa shape index (κ1) is 12.7. The average Bonchev–Trinajstić information content (AvgIpc) is 2.30. The van der Waals surface area contributed by atoms with Crippen LogP contribution in [0.5, 0.6) is 0 Å². The van der Waals surface area contributed by atoms with Gasteiger partial charge in [0.2, 0.25) is 5.91 Å². The van der Waals surface area contributed by atoms with Gasteiger partial charge in [-0.25, -0.2) is 5.06 Å². The van der Waals surface area contributed by atoms with Crippen molar-refractivity contribution in [3.63, 3.8) is 0 Å². The van der Waals surface area contributed by atoms with Crippen LogP contribution in [0.4, 0.5) is 0 Å². The molecule has 0 fully saturated rings. The maximum atomic E-state index is 11.3. The Hall–Kier alpha value is -1.36. The summed E-state index contributed by atoms with van der Waals surface area (Å²) in [4.78, 5) is 27.3. The van der Waals surface area contributed by atoms with E-state index >= 15 is 0 Å². The number of hydrogen-bond acceptors (Lipinski definition) is 3. The van der Waals surface area contributed by atoms with E-state index in [0.29, 0.717) is 19.6 Å². The maximum absolute atomic E-state index is 11.3. The molecule has 16 heavy (non-hydrogen) atoms. The molecule has 0 saturated heterocycles. The van der Waals surface area contributed by atoms with Crippen molar-refractivity contribution in [2.75, 3.05) is 20.2 Å². The minimum Gasteiger partial charge on any atom is -0.359 e. The zero-order valence-electron chi connectivity index (χ0n) is 9.57. The minimum atomic E-state index is -0.0995. The minimum absolute atomic E-state index is 0.0632. The summed E-state index contributed by atoms with van der Waals surface area (Å²) in [6.07, 6.45) is 6.39. The molecule has 0 aromatic rings. The Morgan fingerprint density at radius 2 is 2.31 bits per heavy atom. The molecular formula is C11H18N2O3. The summed E-state index contributed by atoms with van der Waals surface area (Å²) in [6.45, 7) is 1.06. The first-order valence-corrected chi connectivity index (χ1v) is 5.55. The Bertz CT molecular complexity index is 276. The van der Waals surface area contributed by atoms with Crippen LogP contribution >= 0.6 is 0 Å². The van der Waals surface area contributed by atoms with E-state index in [0.717, 1.165) is 19.3 Å². The molecule has 0 aromatic carbocycles. The first-order chi connectivity index (χ1) is 7.74. The van der Waals surface area contributed by atoms with Gasteiger partial charge in [0, 0.05) is 26.1 Å². The maximum Gasteiger partial charge on any atom is 0.269 e. The number of hydroxylamine groups is 2. The largest absolute Gasteiger partial charge is 0.359 e.